The highest BCUT2D eigenvalue weighted by Crippen LogP contribution is 2.45. The summed E-state index contributed by atoms with van der Waals surface area (Å²) in [6.07, 6.45) is 7.15. The number of aryl methyl sites for hydroxylation is 1. The van der Waals surface area contributed by atoms with Crippen LogP contribution in [-0.2, 0) is 12.8 Å². The van der Waals surface area contributed by atoms with Crippen LogP contribution < -0.4 is 0 Å². The van der Waals surface area contributed by atoms with E-state index in [2.05, 4.69) is 73.3 Å². The van der Waals surface area contributed by atoms with Crippen molar-refractivity contribution in [2.75, 3.05) is 13.1 Å². The number of alkyl halides is 1. The molecule has 3 atom stereocenters. The molecule has 162 valence electrons. The summed E-state index contributed by atoms with van der Waals surface area (Å²) in [4.78, 5) is 2.71. The molecule has 0 aromatic heterocycles. The van der Waals surface area contributed by atoms with Gasteiger partial charge >= 0.3 is 0 Å². The van der Waals surface area contributed by atoms with Gasteiger partial charge in [-0.15, -0.1) is 11.6 Å². The first-order valence-electron chi connectivity index (χ1n) is 11.4. The van der Waals surface area contributed by atoms with Crippen LogP contribution in [0.2, 0.25) is 0 Å². The highest BCUT2D eigenvalue weighted by Gasteiger charge is 2.36. The summed E-state index contributed by atoms with van der Waals surface area (Å²) in [7, 11) is 0. The van der Waals surface area contributed by atoms with Gasteiger partial charge in [0.15, 0.2) is 0 Å². The SMILES string of the molecule is CC#N.CCCN(CCc1ccccc1)C(CC)CCc1ccc(C2CC2Cl)cc1. The fourth-order valence-corrected chi connectivity index (χ4v) is 4.44. The number of hydrogen-bond acceptors (Lipinski definition) is 2. The third kappa shape index (κ3) is 8.13. The molecule has 0 amide bonds. The number of benzene rings is 2. The normalized spacial score (nSPS) is 18.3. The van der Waals surface area contributed by atoms with E-state index in [-0.39, 0.29) is 0 Å². The Bertz CT molecular complexity index is 751. The van der Waals surface area contributed by atoms with Gasteiger partial charge in [-0.1, -0.05) is 68.4 Å². The van der Waals surface area contributed by atoms with Crippen LogP contribution >= 0.6 is 11.6 Å². The smallest absolute Gasteiger partial charge is 0.0587 e. The molecule has 0 N–H and O–H groups in total. The zero-order valence-electron chi connectivity index (χ0n) is 18.9. The van der Waals surface area contributed by atoms with Gasteiger partial charge in [0.2, 0.25) is 0 Å². The summed E-state index contributed by atoms with van der Waals surface area (Å²) in [6.45, 7) is 8.42. The molecule has 1 saturated carbocycles. The summed E-state index contributed by atoms with van der Waals surface area (Å²) in [5.41, 5.74) is 4.33. The Morgan fingerprint density at radius 1 is 1.00 bits per heavy atom. The van der Waals surface area contributed by atoms with Crippen molar-refractivity contribution < 1.29 is 0 Å². The van der Waals surface area contributed by atoms with Crippen LogP contribution in [0.5, 0.6) is 0 Å². The Hall–Kier alpha value is -1.82. The van der Waals surface area contributed by atoms with Crippen molar-refractivity contribution in [1.82, 2.24) is 4.90 Å². The molecule has 3 unspecified atom stereocenters. The lowest BCUT2D eigenvalue weighted by Crippen LogP contribution is -2.37. The summed E-state index contributed by atoms with van der Waals surface area (Å²) >= 11 is 6.18. The molecule has 1 aliphatic carbocycles. The second kappa shape index (κ2) is 13.5. The molecule has 0 saturated heterocycles. The topological polar surface area (TPSA) is 27.0 Å². The molecule has 0 spiro atoms. The van der Waals surface area contributed by atoms with Gasteiger partial charge in [-0.3, -0.25) is 0 Å². The lowest BCUT2D eigenvalue weighted by Gasteiger charge is -2.31. The highest BCUT2D eigenvalue weighted by molar-refractivity contribution is 6.23. The minimum atomic E-state index is 0.368. The molecule has 0 heterocycles. The lowest BCUT2D eigenvalue weighted by atomic mass is 9.99. The summed E-state index contributed by atoms with van der Waals surface area (Å²) in [6, 6.07) is 22.5. The fourth-order valence-electron chi connectivity index (χ4n) is 4.10. The van der Waals surface area contributed by atoms with Crippen LogP contribution in [0.3, 0.4) is 0 Å². The van der Waals surface area contributed by atoms with Crippen LogP contribution in [0, 0.1) is 11.3 Å². The Morgan fingerprint density at radius 2 is 1.60 bits per heavy atom. The Kier molecular flexibility index (Phi) is 11.0. The van der Waals surface area contributed by atoms with Gasteiger partial charge in [-0.25, -0.2) is 0 Å². The summed E-state index contributed by atoms with van der Waals surface area (Å²) in [5, 5.41) is 7.69. The van der Waals surface area contributed by atoms with Gasteiger partial charge < -0.3 is 4.90 Å². The molecule has 2 aromatic carbocycles. The number of hydrogen-bond donors (Lipinski definition) is 0. The molecule has 0 bridgehead atoms. The van der Waals surface area contributed by atoms with Crippen LogP contribution in [0.1, 0.15) is 69.1 Å². The molecule has 1 fully saturated rings. The number of halogens is 1. The second-order valence-corrected chi connectivity index (χ2v) is 8.76. The van der Waals surface area contributed by atoms with Gasteiger partial charge in [0.25, 0.3) is 0 Å². The first-order chi connectivity index (χ1) is 14.6. The van der Waals surface area contributed by atoms with E-state index in [9.17, 15) is 0 Å². The van der Waals surface area contributed by atoms with Crippen molar-refractivity contribution in [2.24, 2.45) is 0 Å². The first kappa shape index (κ1) is 24.4. The zero-order chi connectivity index (χ0) is 21.8. The van der Waals surface area contributed by atoms with E-state index >= 15 is 0 Å². The molecule has 3 heteroatoms. The van der Waals surface area contributed by atoms with Crippen molar-refractivity contribution in [3.05, 3.63) is 71.3 Å². The molecule has 2 nitrogen and oxygen atoms in total. The third-order valence-corrected chi connectivity index (χ3v) is 6.40. The standard InChI is InChI=1S/C25H34ClN.C2H3N/c1-3-17-27(18-16-20-8-6-5-7-9-20)23(4-2)15-12-21-10-13-22(14-11-21)24-19-25(24)26;1-2-3/h5-11,13-14,23-25H,3-4,12,15-19H2,1-2H3;1H3. The number of nitrogens with zero attached hydrogens (tertiary/aromatic N) is 2. The number of rotatable bonds is 11. The van der Waals surface area contributed by atoms with Crippen molar-refractivity contribution in [2.45, 2.75) is 76.6 Å². The van der Waals surface area contributed by atoms with E-state index < -0.39 is 0 Å². The van der Waals surface area contributed by atoms with E-state index in [1.807, 2.05) is 0 Å². The van der Waals surface area contributed by atoms with E-state index in [1.165, 1.54) is 55.8 Å². The minimum Gasteiger partial charge on any atom is -0.300 e. The van der Waals surface area contributed by atoms with Crippen molar-refractivity contribution in [1.29, 1.82) is 5.26 Å². The predicted octanol–water partition coefficient (Wildman–Crippen LogP) is 6.98. The van der Waals surface area contributed by atoms with E-state index in [4.69, 9.17) is 16.9 Å². The Balaban J connectivity index is 0.00000101. The maximum atomic E-state index is 7.32. The molecule has 3 rings (SSSR count). The summed E-state index contributed by atoms with van der Waals surface area (Å²) < 4.78 is 0. The van der Waals surface area contributed by atoms with Gasteiger partial charge in [0.05, 0.1) is 6.07 Å². The van der Waals surface area contributed by atoms with Crippen LogP contribution in [0.4, 0.5) is 0 Å². The van der Waals surface area contributed by atoms with Crippen LogP contribution in [-0.4, -0.2) is 29.4 Å². The van der Waals surface area contributed by atoms with Crippen LogP contribution in [0.15, 0.2) is 54.6 Å². The first-order valence-corrected chi connectivity index (χ1v) is 11.9. The lowest BCUT2D eigenvalue weighted by molar-refractivity contribution is 0.183. The van der Waals surface area contributed by atoms with Crippen LogP contribution in [0.25, 0.3) is 0 Å². The summed E-state index contributed by atoms with van der Waals surface area (Å²) in [5.74, 6) is 0.599. The monoisotopic (exact) mass is 424 g/mol. The van der Waals surface area contributed by atoms with Crippen molar-refractivity contribution in [3.8, 4) is 6.07 Å². The number of nitriles is 1. The average molecular weight is 425 g/mol. The third-order valence-electron chi connectivity index (χ3n) is 5.92. The second-order valence-electron chi connectivity index (χ2n) is 8.20. The molecule has 30 heavy (non-hydrogen) atoms. The van der Waals surface area contributed by atoms with E-state index in [0.29, 0.717) is 17.3 Å². The van der Waals surface area contributed by atoms with Crippen molar-refractivity contribution >= 4 is 11.6 Å². The maximum absolute atomic E-state index is 7.32. The molecular formula is C27H37ClN2. The zero-order valence-corrected chi connectivity index (χ0v) is 19.6. The van der Waals surface area contributed by atoms with Gasteiger partial charge in [0.1, 0.15) is 0 Å². The highest BCUT2D eigenvalue weighted by atomic mass is 35.5. The van der Waals surface area contributed by atoms with Gasteiger partial charge in [0, 0.05) is 30.8 Å². The average Bonchev–Trinajstić information content (AvgIpc) is 3.50. The van der Waals surface area contributed by atoms with E-state index in [1.54, 1.807) is 6.07 Å². The Labute approximate surface area is 188 Å². The largest absolute Gasteiger partial charge is 0.300 e. The van der Waals surface area contributed by atoms with Crippen molar-refractivity contribution in [3.63, 3.8) is 0 Å². The predicted molar refractivity (Wildman–Crippen MR) is 129 cm³/mol. The van der Waals surface area contributed by atoms with Gasteiger partial charge in [-0.05, 0) is 61.8 Å². The maximum Gasteiger partial charge on any atom is 0.0587 e. The molecule has 0 aliphatic heterocycles. The van der Waals surface area contributed by atoms with Gasteiger partial charge in [-0.2, -0.15) is 5.26 Å². The minimum absolute atomic E-state index is 0.368. The molecule has 0 radical (unpaired) electrons. The molecule has 1 aliphatic rings. The Morgan fingerprint density at radius 3 is 2.13 bits per heavy atom. The van der Waals surface area contributed by atoms with E-state index in [0.717, 1.165) is 19.4 Å². The molecule has 2 aromatic rings. The fraction of sp³-hybridized carbons (Fsp3) is 0.519. The quantitative estimate of drug-likeness (QED) is 0.364. The molecular weight excluding hydrogens is 388 g/mol.